The van der Waals surface area contributed by atoms with E-state index in [-0.39, 0.29) is 23.6 Å². The summed E-state index contributed by atoms with van der Waals surface area (Å²) in [4.78, 5) is 34.5. The molecular weight excluding hydrogens is 314 g/mol. The van der Waals surface area contributed by atoms with Crippen molar-refractivity contribution < 1.29 is 4.79 Å². The Bertz CT molecular complexity index is 888. The van der Waals surface area contributed by atoms with Gasteiger partial charge in [0.1, 0.15) is 5.69 Å². The maximum Gasteiger partial charge on any atom is 0.271 e. The SMILES string of the molecule is Nc1nc(CC(=O)Nc2cc(-c3ccncc3)c[nH]c2=O)cs1. The number of anilines is 2. The third kappa shape index (κ3) is 3.61. The number of nitrogen functional groups attached to an aromatic ring is 1. The molecule has 3 aromatic heterocycles. The number of thiazole rings is 1. The molecule has 0 aliphatic carbocycles. The summed E-state index contributed by atoms with van der Waals surface area (Å²) < 4.78 is 0. The van der Waals surface area contributed by atoms with Crippen LogP contribution in [0.15, 0.2) is 47.0 Å². The van der Waals surface area contributed by atoms with Crippen LogP contribution in [0.4, 0.5) is 10.8 Å². The highest BCUT2D eigenvalue weighted by Gasteiger charge is 2.10. The molecular formula is C15H13N5O2S. The predicted molar refractivity (Wildman–Crippen MR) is 89.2 cm³/mol. The standard InChI is InChI=1S/C15H13N5O2S/c16-15-19-11(8-23-15)6-13(21)20-12-5-10(7-18-14(12)22)9-1-3-17-4-2-9/h1-5,7-8H,6H2,(H2,16,19)(H,18,22)(H,20,21). The number of amides is 1. The number of pyridine rings is 2. The summed E-state index contributed by atoms with van der Waals surface area (Å²) in [6.45, 7) is 0. The Morgan fingerprint density at radius 3 is 2.78 bits per heavy atom. The second-order valence-corrected chi connectivity index (χ2v) is 5.66. The molecule has 1 amide bonds. The molecule has 4 N–H and O–H groups in total. The highest BCUT2D eigenvalue weighted by atomic mass is 32.1. The average molecular weight is 327 g/mol. The van der Waals surface area contributed by atoms with E-state index in [1.54, 1.807) is 30.0 Å². The van der Waals surface area contributed by atoms with Gasteiger partial charge >= 0.3 is 0 Å². The van der Waals surface area contributed by atoms with E-state index in [0.29, 0.717) is 10.8 Å². The molecule has 0 atom stereocenters. The molecule has 0 aliphatic heterocycles. The van der Waals surface area contributed by atoms with Gasteiger partial charge in [0.25, 0.3) is 5.56 Å². The summed E-state index contributed by atoms with van der Waals surface area (Å²) in [5.41, 5.74) is 7.59. The molecule has 0 saturated heterocycles. The van der Waals surface area contributed by atoms with Crippen LogP contribution in [0.25, 0.3) is 11.1 Å². The zero-order chi connectivity index (χ0) is 16.2. The van der Waals surface area contributed by atoms with Crippen molar-refractivity contribution in [1.82, 2.24) is 15.0 Å². The molecule has 0 unspecified atom stereocenters. The van der Waals surface area contributed by atoms with Crippen LogP contribution in [0.5, 0.6) is 0 Å². The zero-order valence-corrected chi connectivity index (χ0v) is 12.8. The number of aromatic amines is 1. The Hall–Kier alpha value is -3.00. The molecule has 3 rings (SSSR count). The Labute approximate surface area is 135 Å². The number of nitrogens with two attached hydrogens (primary N) is 1. The normalized spacial score (nSPS) is 10.4. The van der Waals surface area contributed by atoms with Gasteiger partial charge in [0, 0.05) is 29.5 Å². The van der Waals surface area contributed by atoms with Crippen LogP contribution in [0.2, 0.25) is 0 Å². The number of carbonyl (C=O) groups is 1. The van der Waals surface area contributed by atoms with Crippen LogP contribution in [-0.2, 0) is 11.2 Å². The van der Waals surface area contributed by atoms with Gasteiger partial charge in [-0.1, -0.05) is 0 Å². The van der Waals surface area contributed by atoms with Crippen LogP contribution in [0.3, 0.4) is 0 Å². The number of rotatable bonds is 4. The maximum absolute atomic E-state index is 12.0. The van der Waals surface area contributed by atoms with Crippen molar-refractivity contribution in [2.75, 3.05) is 11.1 Å². The van der Waals surface area contributed by atoms with Crippen molar-refractivity contribution in [3.8, 4) is 11.1 Å². The van der Waals surface area contributed by atoms with Crippen molar-refractivity contribution >= 4 is 28.1 Å². The number of aromatic nitrogens is 3. The Balaban J connectivity index is 1.79. The summed E-state index contributed by atoms with van der Waals surface area (Å²) in [6, 6.07) is 5.26. The minimum absolute atomic E-state index is 0.0621. The molecule has 0 aromatic carbocycles. The molecule has 0 saturated carbocycles. The molecule has 116 valence electrons. The summed E-state index contributed by atoms with van der Waals surface area (Å²) in [6.07, 6.45) is 4.97. The number of nitrogens with zero attached hydrogens (tertiary/aromatic N) is 2. The highest BCUT2D eigenvalue weighted by molar-refractivity contribution is 7.13. The van der Waals surface area contributed by atoms with Crippen LogP contribution >= 0.6 is 11.3 Å². The zero-order valence-electron chi connectivity index (χ0n) is 11.9. The van der Waals surface area contributed by atoms with Crippen molar-refractivity contribution in [3.63, 3.8) is 0 Å². The maximum atomic E-state index is 12.0. The first kappa shape index (κ1) is 14.9. The molecule has 8 heteroatoms. The smallest absolute Gasteiger partial charge is 0.271 e. The van der Waals surface area contributed by atoms with E-state index in [4.69, 9.17) is 5.73 Å². The van der Waals surface area contributed by atoms with E-state index >= 15 is 0 Å². The fourth-order valence-electron chi connectivity index (χ4n) is 2.05. The third-order valence-electron chi connectivity index (χ3n) is 3.10. The van der Waals surface area contributed by atoms with E-state index in [1.807, 2.05) is 12.1 Å². The minimum Gasteiger partial charge on any atom is -0.375 e. The summed E-state index contributed by atoms with van der Waals surface area (Å²) in [5.74, 6) is -0.326. The van der Waals surface area contributed by atoms with Crippen LogP contribution in [0.1, 0.15) is 5.69 Å². The van der Waals surface area contributed by atoms with Gasteiger partial charge in [0.15, 0.2) is 5.13 Å². The van der Waals surface area contributed by atoms with E-state index in [1.165, 1.54) is 11.3 Å². The van der Waals surface area contributed by atoms with E-state index in [0.717, 1.165) is 11.1 Å². The van der Waals surface area contributed by atoms with Crippen LogP contribution in [-0.4, -0.2) is 20.9 Å². The Morgan fingerprint density at radius 2 is 2.09 bits per heavy atom. The number of hydrogen-bond donors (Lipinski definition) is 3. The second-order valence-electron chi connectivity index (χ2n) is 4.77. The largest absolute Gasteiger partial charge is 0.375 e. The minimum atomic E-state index is -0.367. The molecule has 0 fully saturated rings. The van der Waals surface area contributed by atoms with Crippen molar-refractivity contribution in [1.29, 1.82) is 0 Å². The number of nitrogens with one attached hydrogen (secondary N) is 2. The number of hydrogen-bond acceptors (Lipinski definition) is 6. The quantitative estimate of drug-likeness (QED) is 0.674. The van der Waals surface area contributed by atoms with Gasteiger partial charge in [-0.05, 0) is 23.8 Å². The summed E-state index contributed by atoms with van der Waals surface area (Å²) in [5, 5.41) is 4.73. The lowest BCUT2D eigenvalue weighted by Gasteiger charge is -2.06. The molecule has 0 radical (unpaired) electrons. The van der Waals surface area contributed by atoms with Crippen LogP contribution in [0, 0.1) is 0 Å². The summed E-state index contributed by atoms with van der Waals surface area (Å²) in [7, 11) is 0. The monoisotopic (exact) mass is 327 g/mol. The lowest BCUT2D eigenvalue weighted by molar-refractivity contribution is -0.115. The first-order chi connectivity index (χ1) is 11.1. The van der Waals surface area contributed by atoms with Gasteiger partial charge in [-0.2, -0.15) is 0 Å². The average Bonchev–Trinajstić information content (AvgIpc) is 2.95. The molecule has 0 bridgehead atoms. The van der Waals surface area contributed by atoms with E-state index in [9.17, 15) is 9.59 Å². The Kier molecular flexibility index (Phi) is 4.15. The van der Waals surface area contributed by atoms with Crippen molar-refractivity contribution in [3.05, 3.63) is 58.2 Å². The molecule has 7 nitrogen and oxygen atoms in total. The second kappa shape index (κ2) is 6.41. The summed E-state index contributed by atoms with van der Waals surface area (Å²) >= 11 is 1.27. The molecule has 0 spiro atoms. The van der Waals surface area contributed by atoms with Gasteiger partial charge in [0.05, 0.1) is 12.1 Å². The van der Waals surface area contributed by atoms with Gasteiger partial charge < -0.3 is 16.0 Å². The lowest BCUT2D eigenvalue weighted by Crippen LogP contribution is -2.21. The lowest BCUT2D eigenvalue weighted by atomic mass is 10.1. The molecule has 3 heterocycles. The van der Waals surface area contributed by atoms with Gasteiger partial charge in [-0.3, -0.25) is 14.6 Å². The number of H-pyrrole nitrogens is 1. The highest BCUT2D eigenvalue weighted by Crippen LogP contribution is 2.19. The topological polar surface area (TPSA) is 114 Å². The van der Waals surface area contributed by atoms with E-state index in [2.05, 4.69) is 20.3 Å². The first-order valence-corrected chi connectivity index (χ1v) is 7.62. The molecule has 23 heavy (non-hydrogen) atoms. The van der Waals surface area contributed by atoms with Crippen molar-refractivity contribution in [2.24, 2.45) is 0 Å². The van der Waals surface area contributed by atoms with Crippen molar-refractivity contribution in [2.45, 2.75) is 6.42 Å². The van der Waals surface area contributed by atoms with Gasteiger partial charge in [-0.15, -0.1) is 11.3 Å². The first-order valence-electron chi connectivity index (χ1n) is 6.74. The van der Waals surface area contributed by atoms with Gasteiger partial charge in [0.2, 0.25) is 5.91 Å². The fraction of sp³-hybridized carbons (Fsp3) is 0.0667. The number of carbonyl (C=O) groups excluding carboxylic acids is 1. The molecule has 0 aliphatic rings. The fourth-order valence-corrected chi connectivity index (χ4v) is 2.61. The van der Waals surface area contributed by atoms with E-state index < -0.39 is 0 Å². The molecule has 3 aromatic rings. The predicted octanol–water partition coefficient (Wildman–Crippen LogP) is 1.66. The van der Waals surface area contributed by atoms with Gasteiger partial charge in [-0.25, -0.2) is 4.98 Å². The third-order valence-corrected chi connectivity index (χ3v) is 3.82. The van der Waals surface area contributed by atoms with Crippen LogP contribution < -0.4 is 16.6 Å². The Morgan fingerprint density at radius 1 is 1.30 bits per heavy atom.